The maximum Gasteiger partial charge on any atom is 0.291 e. The Morgan fingerprint density at radius 1 is 0.854 bits per heavy atom. The molecule has 0 unspecified atom stereocenters. The van der Waals surface area contributed by atoms with Gasteiger partial charge in [0.25, 0.3) is 11.8 Å². The Hall–Kier alpha value is -4.27. The highest BCUT2D eigenvalue weighted by Gasteiger charge is 2.23. The number of carbonyl (C=O) groups is 3. The third-order valence-corrected chi connectivity index (χ3v) is 7.85. The standard InChI is InChI=1S/C32H39N5O4/c1-22-7-10-27(23(2)20-22)35-16-18-36(19-17-35)28-11-9-25(21-26(28)34-32(40)29-12-8-24(3)41-29)31(39)33-13-5-15-37-14-4-6-30(37)38/h7-12,20-21H,4-6,13-19H2,1-3H3,(H,33,39)(H,34,40). The molecule has 41 heavy (non-hydrogen) atoms. The van der Waals surface area contributed by atoms with Crippen LogP contribution in [0.5, 0.6) is 0 Å². The summed E-state index contributed by atoms with van der Waals surface area (Å²) in [7, 11) is 0. The van der Waals surface area contributed by atoms with Crippen LogP contribution in [0.2, 0.25) is 0 Å². The summed E-state index contributed by atoms with van der Waals surface area (Å²) in [4.78, 5) is 44.4. The molecule has 2 N–H and O–H groups in total. The molecule has 0 saturated carbocycles. The summed E-state index contributed by atoms with van der Waals surface area (Å²) in [5.41, 5.74) is 5.67. The highest BCUT2D eigenvalue weighted by molar-refractivity contribution is 6.05. The molecule has 2 aliphatic rings. The smallest absolute Gasteiger partial charge is 0.291 e. The van der Waals surface area contributed by atoms with Gasteiger partial charge in [0.15, 0.2) is 5.76 Å². The van der Waals surface area contributed by atoms with Gasteiger partial charge in [-0.3, -0.25) is 14.4 Å². The first-order valence-corrected chi connectivity index (χ1v) is 14.4. The molecule has 2 fully saturated rings. The summed E-state index contributed by atoms with van der Waals surface area (Å²) in [6, 6.07) is 15.4. The zero-order valence-electron chi connectivity index (χ0n) is 24.2. The van der Waals surface area contributed by atoms with E-state index in [4.69, 9.17) is 4.42 Å². The molecule has 0 atom stereocenters. The summed E-state index contributed by atoms with van der Waals surface area (Å²) in [5.74, 6) is 0.490. The monoisotopic (exact) mass is 557 g/mol. The number of hydrogen-bond acceptors (Lipinski definition) is 6. The number of rotatable bonds is 9. The van der Waals surface area contributed by atoms with Gasteiger partial charge in [0.1, 0.15) is 5.76 Å². The van der Waals surface area contributed by atoms with Gasteiger partial charge in [-0.2, -0.15) is 0 Å². The van der Waals surface area contributed by atoms with Crippen molar-refractivity contribution in [2.45, 2.75) is 40.0 Å². The van der Waals surface area contributed by atoms with Crippen LogP contribution in [0.15, 0.2) is 52.9 Å². The maximum absolute atomic E-state index is 13.0. The molecule has 0 spiro atoms. The van der Waals surface area contributed by atoms with Gasteiger partial charge < -0.3 is 29.8 Å². The molecular formula is C32H39N5O4. The van der Waals surface area contributed by atoms with Crippen LogP contribution in [0, 0.1) is 20.8 Å². The third-order valence-electron chi connectivity index (χ3n) is 7.85. The molecular weight excluding hydrogens is 518 g/mol. The van der Waals surface area contributed by atoms with Gasteiger partial charge in [-0.15, -0.1) is 0 Å². The second-order valence-electron chi connectivity index (χ2n) is 11.0. The fourth-order valence-electron chi connectivity index (χ4n) is 5.66. The molecule has 3 amide bonds. The number of carbonyl (C=O) groups excluding carboxylic acids is 3. The van der Waals surface area contributed by atoms with Crippen LogP contribution < -0.4 is 20.4 Å². The van der Waals surface area contributed by atoms with Crippen molar-refractivity contribution in [3.8, 4) is 0 Å². The lowest BCUT2D eigenvalue weighted by atomic mass is 10.1. The van der Waals surface area contributed by atoms with Gasteiger partial charge in [-0.25, -0.2) is 0 Å². The molecule has 0 bridgehead atoms. The van der Waals surface area contributed by atoms with Crippen molar-refractivity contribution in [1.29, 1.82) is 0 Å². The van der Waals surface area contributed by atoms with Crippen molar-refractivity contribution in [3.05, 3.63) is 76.7 Å². The van der Waals surface area contributed by atoms with E-state index in [2.05, 4.69) is 52.5 Å². The lowest BCUT2D eigenvalue weighted by molar-refractivity contribution is -0.127. The van der Waals surface area contributed by atoms with Crippen LogP contribution in [-0.2, 0) is 4.79 Å². The predicted molar refractivity (Wildman–Crippen MR) is 161 cm³/mol. The van der Waals surface area contributed by atoms with Gasteiger partial charge in [0.05, 0.1) is 11.4 Å². The summed E-state index contributed by atoms with van der Waals surface area (Å²) in [6.07, 6.45) is 2.22. The largest absolute Gasteiger partial charge is 0.456 e. The molecule has 9 nitrogen and oxygen atoms in total. The number of hydrogen-bond donors (Lipinski definition) is 2. The average molecular weight is 558 g/mol. The number of nitrogens with one attached hydrogen (secondary N) is 2. The number of furan rings is 1. The molecule has 216 valence electrons. The van der Waals surface area contributed by atoms with E-state index in [1.54, 1.807) is 31.2 Å². The molecule has 3 aromatic rings. The first-order valence-electron chi connectivity index (χ1n) is 14.4. The lowest BCUT2D eigenvalue weighted by Crippen LogP contribution is -2.47. The molecule has 0 radical (unpaired) electrons. The van der Waals surface area contributed by atoms with E-state index >= 15 is 0 Å². The second-order valence-corrected chi connectivity index (χ2v) is 11.0. The van der Waals surface area contributed by atoms with E-state index in [1.165, 1.54) is 16.8 Å². The Bertz CT molecular complexity index is 1420. The minimum absolute atomic E-state index is 0.189. The Kier molecular flexibility index (Phi) is 8.61. The number of amides is 3. The minimum Gasteiger partial charge on any atom is -0.456 e. The molecule has 2 aliphatic heterocycles. The maximum atomic E-state index is 13.0. The van der Waals surface area contributed by atoms with Gasteiger partial charge in [-0.05, 0) is 75.6 Å². The molecule has 9 heteroatoms. The Labute approximate surface area is 241 Å². The fourth-order valence-corrected chi connectivity index (χ4v) is 5.66. The first kappa shape index (κ1) is 28.3. The molecule has 3 heterocycles. The van der Waals surface area contributed by atoms with Crippen LogP contribution >= 0.6 is 0 Å². The van der Waals surface area contributed by atoms with E-state index in [1.807, 2.05) is 11.0 Å². The normalized spacial score (nSPS) is 15.4. The fraction of sp³-hybridized carbons (Fsp3) is 0.406. The van der Waals surface area contributed by atoms with Crippen LogP contribution in [0.1, 0.15) is 57.1 Å². The van der Waals surface area contributed by atoms with Crippen molar-refractivity contribution in [2.75, 3.05) is 60.9 Å². The molecule has 5 rings (SSSR count). The SMILES string of the molecule is Cc1ccc(N2CCN(c3ccc(C(=O)NCCCN4CCCC4=O)cc3NC(=O)c3ccc(C)o3)CC2)c(C)c1. The van der Waals surface area contributed by atoms with E-state index in [9.17, 15) is 14.4 Å². The highest BCUT2D eigenvalue weighted by atomic mass is 16.3. The summed E-state index contributed by atoms with van der Waals surface area (Å²) < 4.78 is 5.54. The van der Waals surface area contributed by atoms with Crippen molar-refractivity contribution in [3.63, 3.8) is 0 Å². The van der Waals surface area contributed by atoms with Gasteiger partial charge in [-0.1, -0.05) is 17.7 Å². The number of benzene rings is 2. The Morgan fingerprint density at radius 3 is 2.24 bits per heavy atom. The quantitative estimate of drug-likeness (QED) is 0.376. The number of likely N-dealkylation sites (tertiary alicyclic amines) is 1. The van der Waals surface area contributed by atoms with Crippen molar-refractivity contribution < 1.29 is 18.8 Å². The minimum atomic E-state index is -0.360. The summed E-state index contributed by atoms with van der Waals surface area (Å²) in [6.45, 7) is 11.2. The van der Waals surface area contributed by atoms with Crippen LogP contribution in [0.3, 0.4) is 0 Å². The number of piperazine rings is 1. The van der Waals surface area contributed by atoms with Crippen molar-refractivity contribution >= 4 is 34.8 Å². The lowest BCUT2D eigenvalue weighted by Gasteiger charge is -2.38. The summed E-state index contributed by atoms with van der Waals surface area (Å²) in [5, 5.41) is 5.95. The van der Waals surface area contributed by atoms with E-state index in [0.717, 1.165) is 44.8 Å². The Morgan fingerprint density at radius 2 is 1.59 bits per heavy atom. The van der Waals surface area contributed by atoms with Crippen molar-refractivity contribution in [1.82, 2.24) is 10.2 Å². The van der Waals surface area contributed by atoms with Gasteiger partial charge in [0.2, 0.25) is 5.91 Å². The zero-order chi connectivity index (χ0) is 28.9. The third kappa shape index (κ3) is 6.73. The number of aryl methyl sites for hydroxylation is 3. The molecule has 0 aliphatic carbocycles. The molecule has 1 aromatic heterocycles. The van der Waals surface area contributed by atoms with Crippen LogP contribution in [0.4, 0.5) is 17.1 Å². The molecule has 2 aromatic carbocycles. The zero-order valence-corrected chi connectivity index (χ0v) is 24.2. The number of anilines is 3. The van der Waals surface area contributed by atoms with Crippen molar-refractivity contribution in [2.24, 2.45) is 0 Å². The Balaban J connectivity index is 1.28. The van der Waals surface area contributed by atoms with E-state index < -0.39 is 0 Å². The highest BCUT2D eigenvalue weighted by Crippen LogP contribution is 2.31. The predicted octanol–water partition coefficient (Wildman–Crippen LogP) is 4.53. The van der Waals surface area contributed by atoms with E-state index in [-0.39, 0.29) is 23.5 Å². The summed E-state index contributed by atoms with van der Waals surface area (Å²) >= 11 is 0. The topological polar surface area (TPSA) is 98.1 Å². The van der Waals surface area contributed by atoms with Crippen LogP contribution in [0.25, 0.3) is 0 Å². The van der Waals surface area contributed by atoms with Crippen LogP contribution in [-0.4, -0.2) is 68.4 Å². The molecule has 2 saturated heterocycles. The second kappa shape index (κ2) is 12.5. The van der Waals surface area contributed by atoms with Gasteiger partial charge >= 0.3 is 0 Å². The first-order chi connectivity index (χ1) is 19.8. The van der Waals surface area contributed by atoms with Gasteiger partial charge in [0, 0.05) is 63.5 Å². The van der Waals surface area contributed by atoms with E-state index in [0.29, 0.717) is 42.9 Å². The number of nitrogens with zero attached hydrogens (tertiary/aromatic N) is 3. The average Bonchev–Trinajstić information content (AvgIpc) is 3.59.